The summed E-state index contributed by atoms with van der Waals surface area (Å²) in [5.74, 6) is 0. The van der Waals surface area contributed by atoms with Gasteiger partial charge in [-0.3, -0.25) is 10.1 Å². The molecule has 1 saturated heterocycles. The number of nitro groups is 1. The Labute approximate surface area is 122 Å². The monoisotopic (exact) mass is 315 g/mol. The Kier molecular flexibility index (Phi) is 4.45. The molecule has 0 radical (unpaired) electrons. The van der Waals surface area contributed by atoms with Crippen LogP contribution in [0.4, 0.5) is 11.4 Å². The van der Waals surface area contributed by atoms with Crippen LogP contribution in [0.2, 0.25) is 0 Å². The van der Waals surface area contributed by atoms with Gasteiger partial charge in [-0.15, -0.1) is 0 Å². The lowest BCUT2D eigenvalue weighted by atomic mass is 10.1. The van der Waals surface area contributed by atoms with Crippen molar-refractivity contribution < 1.29 is 18.1 Å². The standard InChI is InChI=1S/C12H17N3O5S/c1-14(9-4-6-20-7-5-9)21(18,19)12-3-2-10(15(16)17)8-11(12)13/h2-3,8-9H,4-7,13H2,1H3. The van der Waals surface area contributed by atoms with Crippen molar-refractivity contribution in [1.82, 2.24) is 4.31 Å². The molecule has 0 aromatic heterocycles. The topological polar surface area (TPSA) is 116 Å². The smallest absolute Gasteiger partial charge is 0.271 e. The SMILES string of the molecule is CN(C1CCOCC1)S(=O)(=O)c1ccc([N+](=O)[O-])cc1N. The van der Waals surface area contributed by atoms with Gasteiger partial charge in [0.2, 0.25) is 10.0 Å². The van der Waals surface area contributed by atoms with Crippen molar-refractivity contribution in [2.75, 3.05) is 26.0 Å². The highest BCUT2D eigenvalue weighted by atomic mass is 32.2. The van der Waals surface area contributed by atoms with E-state index in [1.54, 1.807) is 0 Å². The zero-order chi connectivity index (χ0) is 15.6. The second-order valence-electron chi connectivity index (χ2n) is 4.84. The zero-order valence-corrected chi connectivity index (χ0v) is 12.4. The molecule has 2 rings (SSSR count). The molecular formula is C12H17N3O5S. The maximum absolute atomic E-state index is 12.6. The number of rotatable bonds is 4. The van der Waals surface area contributed by atoms with Crippen LogP contribution in [0.15, 0.2) is 23.1 Å². The molecule has 0 bridgehead atoms. The van der Waals surface area contributed by atoms with Gasteiger partial charge in [0.05, 0.1) is 10.6 Å². The van der Waals surface area contributed by atoms with Gasteiger partial charge in [0.1, 0.15) is 4.90 Å². The number of nitrogens with two attached hydrogens (primary N) is 1. The van der Waals surface area contributed by atoms with Gasteiger partial charge < -0.3 is 10.5 Å². The summed E-state index contributed by atoms with van der Waals surface area (Å²) in [4.78, 5) is 9.95. The molecular weight excluding hydrogens is 298 g/mol. The molecule has 9 heteroatoms. The Morgan fingerprint density at radius 1 is 1.38 bits per heavy atom. The fourth-order valence-electron chi connectivity index (χ4n) is 2.28. The first-order chi connectivity index (χ1) is 9.84. The van der Waals surface area contributed by atoms with Crippen LogP contribution in [-0.2, 0) is 14.8 Å². The lowest BCUT2D eigenvalue weighted by molar-refractivity contribution is -0.384. The molecule has 116 valence electrons. The number of nitrogens with zero attached hydrogens (tertiary/aromatic N) is 2. The van der Waals surface area contributed by atoms with Crippen LogP contribution in [-0.4, -0.2) is 43.9 Å². The van der Waals surface area contributed by atoms with Crippen LogP contribution in [0.1, 0.15) is 12.8 Å². The van der Waals surface area contributed by atoms with Gasteiger partial charge >= 0.3 is 0 Å². The van der Waals surface area contributed by atoms with E-state index in [9.17, 15) is 18.5 Å². The summed E-state index contributed by atoms with van der Waals surface area (Å²) in [5.41, 5.74) is 5.32. The number of benzene rings is 1. The molecule has 0 atom stereocenters. The molecule has 2 N–H and O–H groups in total. The van der Waals surface area contributed by atoms with Crippen molar-refractivity contribution in [2.24, 2.45) is 0 Å². The van der Waals surface area contributed by atoms with Crippen molar-refractivity contribution in [2.45, 2.75) is 23.8 Å². The lowest BCUT2D eigenvalue weighted by Gasteiger charge is -2.30. The molecule has 8 nitrogen and oxygen atoms in total. The minimum absolute atomic E-state index is 0.109. The van der Waals surface area contributed by atoms with Crippen molar-refractivity contribution in [3.8, 4) is 0 Å². The molecule has 1 heterocycles. The summed E-state index contributed by atoms with van der Waals surface area (Å²) in [6.45, 7) is 1.03. The number of sulfonamides is 1. The highest BCUT2D eigenvalue weighted by Gasteiger charge is 2.31. The molecule has 0 saturated carbocycles. The van der Waals surface area contributed by atoms with E-state index in [1.165, 1.54) is 17.4 Å². The third-order valence-electron chi connectivity index (χ3n) is 3.57. The number of hydrogen-bond donors (Lipinski definition) is 1. The Morgan fingerprint density at radius 3 is 2.52 bits per heavy atom. The number of anilines is 1. The van der Waals surface area contributed by atoms with E-state index in [2.05, 4.69) is 0 Å². The van der Waals surface area contributed by atoms with E-state index < -0.39 is 14.9 Å². The van der Waals surface area contributed by atoms with Crippen LogP contribution in [0.5, 0.6) is 0 Å². The van der Waals surface area contributed by atoms with Gasteiger partial charge in [0, 0.05) is 38.4 Å². The first-order valence-corrected chi connectivity index (χ1v) is 7.87. The molecule has 1 aromatic carbocycles. The zero-order valence-electron chi connectivity index (χ0n) is 11.6. The third-order valence-corrected chi connectivity index (χ3v) is 5.55. The molecule has 1 aliphatic rings. The molecule has 0 aliphatic carbocycles. The van der Waals surface area contributed by atoms with E-state index in [0.717, 1.165) is 12.1 Å². The van der Waals surface area contributed by atoms with E-state index in [-0.39, 0.29) is 22.3 Å². The van der Waals surface area contributed by atoms with Crippen LogP contribution >= 0.6 is 0 Å². The largest absolute Gasteiger partial charge is 0.397 e. The molecule has 1 aromatic rings. The summed E-state index contributed by atoms with van der Waals surface area (Å²) in [7, 11) is -2.29. The second-order valence-corrected chi connectivity index (χ2v) is 6.81. The average molecular weight is 315 g/mol. The summed E-state index contributed by atoms with van der Waals surface area (Å²) in [6, 6.07) is 3.23. The summed E-state index contributed by atoms with van der Waals surface area (Å²) in [6.07, 6.45) is 1.23. The predicted molar refractivity (Wildman–Crippen MR) is 76.3 cm³/mol. The molecule has 1 aliphatic heterocycles. The summed E-state index contributed by atoms with van der Waals surface area (Å²) in [5, 5.41) is 10.7. The van der Waals surface area contributed by atoms with Gasteiger partial charge in [-0.2, -0.15) is 4.31 Å². The maximum atomic E-state index is 12.6. The van der Waals surface area contributed by atoms with Crippen LogP contribution in [0.25, 0.3) is 0 Å². The Hall–Kier alpha value is -1.71. The predicted octanol–water partition coefficient (Wildman–Crippen LogP) is 0.976. The van der Waals surface area contributed by atoms with Crippen molar-refractivity contribution in [3.63, 3.8) is 0 Å². The van der Waals surface area contributed by atoms with Gasteiger partial charge in [-0.05, 0) is 18.9 Å². The minimum atomic E-state index is -3.78. The summed E-state index contributed by atoms with van der Waals surface area (Å²) >= 11 is 0. The molecule has 1 fully saturated rings. The van der Waals surface area contributed by atoms with Crippen molar-refractivity contribution >= 4 is 21.4 Å². The minimum Gasteiger partial charge on any atom is -0.397 e. The van der Waals surface area contributed by atoms with E-state index in [4.69, 9.17) is 10.5 Å². The van der Waals surface area contributed by atoms with Crippen molar-refractivity contribution in [1.29, 1.82) is 0 Å². The van der Waals surface area contributed by atoms with Gasteiger partial charge in [-0.25, -0.2) is 8.42 Å². The molecule has 0 amide bonds. The average Bonchev–Trinajstić information content (AvgIpc) is 2.46. The summed E-state index contributed by atoms with van der Waals surface area (Å²) < 4.78 is 31.6. The second kappa shape index (κ2) is 5.96. The number of hydrogen-bond acceptors (Lipinski definition) is 6. The van der Waals surface area contributed by atoms with Crippen LogP contribution in [0, 0.1) is 10.1 Å². The van der Waals surface area contributed by atoms with E-state index in [0.29, 0.717) is 26.1 Å². The van der Waals surface area contributed by atoms with Crippen LogP contribution < -0.4 is 5.73 Å². The highest BCUT2D eigenvalue weighted by Crippen LogP contribution is 2.28. The Morgan fingerprint density at radius 2 is 2.00 bits per heavy atom. The number of nitro benzene ring substituents is 1. The van der Waals surface area contributed by atoms with E-state index in [1.807, 2.05) is 0 Å². The molecule has 21 heavy (non-hydrogen) atoms. The fourth-order valence-corrected chi connectivity index (χ4v) is 3.79. The number of nitrogen functional groups attached to an aromatic ring is 1. The highest BCUT2D eigenvalue weighted by molar-refractivity contribution is 7.89. The van der Waals surface area contributed by atoms with Crippen molar-refractivity contribution in [3.05, 3.63) is 28.3 Å². The first-order valence-electron chi connectivity index (χ1n) is 6.43. The number of non-ortho nitro benzene ring substituents is 1. The van der Waals surface area contributed by atoms with Gasteiger partial charge in [-0.1, -0.05) is 0 Å². The number of ether oxygens (including phenoxy) is 1. The van der Waals surface area contributed by atoms with Gasteiger partial charge in [0.25, 0.3) is 5.69 Å². The van der Waals surface area contributed by atoms with Gasteiger partial charge in [0.15, 0.2) is 0 Å². The lowest BCUT2D eigenvalue weighted by Crippen LogP contribution is -2.40. The maximum Gasteiger partial charge on any atom is 0.271 e. The molecule has 0 unspecified atom stereocenters. The fraction of sp³-hybridized carbons (Fsp3) is 0.500. The Bertz CT molecular complexity index is 640. The quantitative estimate of drug-likeness (QED) is 0.503. The molecule has 0 spiro atoms. The Balaban J connectivity index is 2.32. The van der Waals surface area contributed by atoms with Crippen LogP contribution in [0.3, 0.4) is 0 Å². The first kappa shape index (κ1) is 15.7. The third kappa shape index (κ3) is 3.14. The van der Waals surface area contributed by atoms with E-state index >= 15 is 0 Å². The normalized spacial score (nSPS) is 17.0.